The number of ether oxygens (including phenoxy) is 1. The van der Waals surface area contributed by atoms with Gasteiger partial charge in [0.15, 0.2) is 0 Å². The Bertz CT molecular complexity index is 446. The molecule has 0 saturated carbocycles. The van der Waals surface area contributed by atoms with Gasteiger partial charge in [-0.1, -0.05) is 0 Å². The second-order valence-corrected chi connectivity index (χ2v) is 4.48. The topological polar surface area (TPSA) is 105 Å². The van der Waals surface area contributed by atoms with E-state index in [1.54, 1.807) is 6.92 Å². The number of benzene rings is 1. The maximum Gasteiger partial charge on any atom is 0.270 e. The summed E-state index contributed by atoms with van der Waals surface area (Å²) in [7, 11) is 1.47. The summed E-state index contributed by atoms with van der Waals surface area (Å²) in [5, 5.41) is 32.0. The highest BCUT2D eigenvalue weighted by Crippen LogP contribution is 2.24. The molecule has 1 rings (SSSR count). The van der Waals surface area contributed by atoms with Crippen LogP contribution in [0, 0.1) is 10.1 Å². The molecule has 0 bridgehead atoms. The quantitative estimate of drug-likeness (QED) is 0.490. The fourth-order valence-corrected chi connectivity index (χ4v) is 1.49. The summed E-state index contributed by atoms with van der Waals surface area (Å²) >= 11 is 0. The third-order valence-corrected chi connectivity index (χ3v) is 2.88. The van der Waals surface area contributed by atoms with E-state index in [0.717, 1.165) is 0 Å². The molecule has 0 saturated heterocycles. The van der Waals surface area contributed by atoms with Crippen LogP contribution in [0.4, 0.5) is 5.69 Å². The first kappa shape index (κ1) is 15.4. The van der Waals surface area contributed by atoms with E-state index in [2.05, 4.69) is 5.32 Å². The largest absolute Gasteiger partial charge is 0.496 e. The first-order valence-corrected chi connectivity index (χ1v) is 5.74. The van der Waals surface area contributed by atoms with Crippen molar-refractivity contribution in [2.75, 3.05) is 20.3 Å². The predicted octanol–water partition coefficient (Wildman–Crippen LogP) is 0.436. The summed E-state index contributed by atoms with van der Waals surface area (Å²) in [5.41, 5.74) is -0.299. The molecule has 0 aromatic heterocycles. The molecular weight excluding hydrogens is 252 g/mol. The predicted molar refractivity (Wildman–Crippen MR) is 69.1 cm³/mol. The van der Waals surface area contributed by atoms with Crippen LogP contribution in [-0.4, -0.2) is 41.0 Å². The van der Waals surface area contributed by atoms with E-state index in [1.165, 1.54) is 25.3 Å². The van der Waals surface area contributed by atoms with Crippen LogP contribution in [-0.2, 0) is 6.54 Å². The Morgan fingerprint density at radius 2 is 2.05 bits per heavy atom. The van der Waals surface area contributed by atoms with Gasteiger partial charge < -0.3 is 20.3 Å². The molecule has 0 aliphatic heterocycles. The zero-order valence-electron chi connectivity index (χ0n) is 10.9. The van der Waals surface area contributed by atoms with E-state index in [9.17, 15) is 20.3 Å². The number of nitro groups is 1. The highest BCUT2D eigenvalue weighted by atomic mass is 16.6. The molecule has 0 aliphatic rings. The van der Waals surface area contributed by atoms with Gasteiger partial charge in [0, 0.05) is 24.2 Å². The summed E-state index contributed by atoms with van der Waals surface area (Å²) in [6.07, 6.45) is 0. The second-order valence-electron chi connectivity index (χ2n) is 4.48. The monoisotopic (exact) mass is 270 g/mol. The summed E-state index contributed by atoms with van der Waals surface area (Å²) < 4.78 is 5.12. The standard InChI is InChI=1S/C12H18N2O5/c1-12(7-15,8-16)13-6-9-5-10(14(17)18)3-4-11(9)19-2/h3-5,13,15-16H,6-8H2,1-2H3. The number of nitrogens with zero attached hydrogens (tertiary/aromatic N) is 1. The zero-order chi connectivity index (χ0) is 14.5. The Balaban J connectivity index is 2.92. The summed E-state index contributed by atoms with van der Waals surface area (Å²) in [4.78, 5) is 10.2. The fourth-order valence-electron chi connectivity index (χ4n) is 1.49. The Morgan fingerprint density at radius 1 is 1.42 bits per heavy atom. The lowest BCUT2D eigenvalue weighted by atomic mass is 10.0. The van der Waals surface area contributed by atoms with Crippen molar-refractivity contribution < 1.29 is 19.9 Å². The maximum absolute atomic E-state index is 10.7. The van der Waals surface area contributed by atoms with Crippen LogP contribution < -0.4 is 10.1 Å². The van der Waals surface area contributed by atoms with Gasteiger partial charge in [0.05, 0.1) is 30.8 Å². The van der Waals surface area contributed by atoms with Gasteiger partial charge in [-0.3, -0.25) is 10.1 Å². The van der Waals surface area contributed by atoms with E-state index < -0.39 is 10.5 Å². The molecule has 7 nitrogen and oxygen atoms in total. The van der Waals surface area contributed by atoms with Crippen LogP contribution >= 0.6 is 0 Å². The van der Waals surface area contributed by atoms with Crippen LogP contribution in [0.25, 0.3) is 0 Å². The minimum Gasteiger partial charge on any atom is -0.496 e. The van der Waals surface area contributed by atoms with E-state index >= 15 is 0 Å². The number of nitrogens with one attached hydrogen (secondary N) is 1. The molecule has 0 amide bonds. The molecule has 1 aromatic carbocycles. The minimum atomic E-state index is -0.852. The zero-order valence-corrected chi connectivity index (χ0v) is 10.9. The molecule has 7 heteroatoms. The van der Waals surface area contributed by atoms with Crippen molar-refractivity contribution in [2.45, 2.75) is 19.0 Å². The first-order chi connectivity index (χ1) is 8.95. The normalized spacial score (nSPS) is 11.4. The molecule has 0 atom stereocenters. The van der Waals surface area contributed by atoms with Gasteiger partial charge in [0.2, 0.25) is 0 Å². The third-order valence-electron chi connectivity index (χ3n) is 2.88. The van der Waals surface area contributed by atoms with E-state index in [4.69, 9.17) is 4.74 Å². The number of aliphatic hydroxyl groups excluding tert-OH is 2. The lowest BCUT2D eigenvalue weighted by Gasteiger charge is -2.26. The summed E-state index contributed by atoms with van der Waals surface area (Å²) in [6.45, 7) is 1.39. The molecule has 0 heterocycles. The smallest absolute Gasteiger partial charge is 0.270 e. The van der Waals surface area contributed by atoms with E-state index in [1.807, 2.05) is 0 Å². The van der Waals surface area contributed by atoms with Crippen molar-refractivity contribution in [3.05, 3.63) is 33.9 Å². The van der Waals surface area contributed by atoms with Crippen LogP contribution in [0.1, 0.15) is 12.5 Å². The molecule has 19 heavy (non-hydrogen) atoms. The molecule has 0 radical (unpaired) electrons. The highest BCUT2D eigenvalue weighted by Gasteiger charge is 2.22. The molecular formula is C12H18N2O5. The van der Waals surface area contributed by atoms with E-state index in [0.29, 0.717) is 11.3 Å². The number of aliphatic hydroxyl groups is 2. The Hall–Kier alpha value is -1.70. The number of rotatable bonds is 7. The Labute approximate surface area is 111 Å². The number of hydrogen-bond acceptors (Lipinski definition) is 6. The van der Waals surface area contributed by atoms with Crippen LogP contribution in [0.5, 0.6) is 5.75 Å². The van der Waals surface area contributed by atoms with Crippen molar-refractivity contribution in [2.24, 2.45) is 0 Å². The molecule has 0 spiro atoms. The van der Waals surface area contributed by atoms with Crippen LogP contribution in [0.3, 0.4) is 0 Å². The average Bonchev–Trinajstić information content (AvgIpc) is 2.44. The molecule has 106 valence electrons. The van der Waals surface area contributed by atoms with Gasteiger partial charge >= 0.3 is 0 Å². The van der Waals surface area contributed by atoms with Crippen molar-refractivity contribution in [1.29, 1.82) is 0 Å². The van der Waals surface area contributed by atoms with Gasteiger partial charge in [0.25, 0.3) is 5.69 Å². The molecule has 1 aromatic rings. The Morgan fingerprint density at radius 3 is 2.53 bits per heavy atom. The van der Waals surface area contributed by atoms with Gasteiger partial charge in [-0.25, -0.2) is 0 Å². The lowest BCUT2D eigenvalue weighted by Crippen LogP contribution is -2.48. The average molecular weight is 270 g/mol. The van der Waals surface area contributed by atoms with Gasteiger partial charge in [-0.05, 0) is 13.0 Å². The van der Waals surface area contributed by atoms with Crippen molar-refractivity contribution in [3.8, 4) is 5.75 Å². The van der Waals surface area contributed by atoms with Crippen LogP contribution in [0.15, 0.2) is 18.2 Å². The Kier molecular flexibility index (Phi) is 5.22. The van der Waals surface area contributed by atoms with E-state index in [-0.39, 0.29) is 25.4 Å². The highest BCUT2D eigenvalue weighted by molar-refractivity contribution is 5.43. The molecule has 0 unspecified atom stereocenters. The van der Waals surface area contributed by atoms with Gasteiger partial charge in [-0.2, -0.15) is 0 Å². The fraction of sp³-hybridized carbons (Fsp3) is 0.500. The number of hydrogen-bond donors (Lipinski definition) is 3. The van der Waals surface area contributed by atoms with Crippen molar-refractivity contribution in [1.82, 2.24) is 5.32 Å². The SMILES string of the molecule is COc1ccc([N+](=O)[O-])cc1CNC(C)(CO)CO. The first-order valence-electron chi connectivity index (χ1n) is 5.74. The summed E-state index contributed by atoms with van der Waals surface area (Å²) in [5.74, 6) is 0.510. The number of non-ortho nitro benzene ring substituents is 1. The van der Waals surface area contributed by atoms with Crippen LogP contribution in [0.2, 0.25) is 0 Å². The molecule has 0 fully saturated rings. The molecule has 3 N–H and O–H groups in total. The van der Waals surface area contributed by atoms with Crippen molar-refractivity contribution in [3.63, 3.8) is 0 Å². The number of methoxy groups -OCH3 is 1. The van der Waals surface area contributed by atoms with Crippen molar-refractivity contribution >= 4 is 5.69 Å². The second kappa shape index (κ2) is 6.46. The third kappa shape index (κ3) is 3.88. The summed E-state index contributed by atoms with van der Waals surface area (Å²) in [6, 6.07) is 4.28. The molecule has 0 aliphatic carbocycles. The number of nitro benzene ring substituents is 1. The maximum atomic E-state index is 10.7. The van der Waals surface area contributed by atoms with Gasteiger partial charge in [-0.15, -0.1) is 0 Å². The lowest BCUT2D eigenvalue weighted by molar-refractivity contribution is -0.384. The minimum absolute atomic E-state index is 0.0349. The van der Waals surface area contributed by atoms with Gasteiger partial charge in [0.1, 0.15) is 5.75 Å².